The number of hydrazone groups is 1. The minimum Gasteiger partial charge on any atom is -0.463 e. The number of nitrogens with zero attached hydrogens (tertiary/aromatic N) is 1. The highest BCUT2D eigenvalue weighted by Crippen LogP contribution is 2.16. The van der Waals surface area contributed by atoms with Crippen molar-refractivity contribution in [3.05, 3.63) is 51.4 Å². The van der Waals surface area contributed by atoms with E-state index in [1.165, 1.54) is 12.3 Å². The zero-order chi connectivity index (χ0) is 14.3. The molecule has 0 unspecified atom stereocenters. The van der Waals surface area contributed by atoms with Gasteiger partial charge in [-0.2, -0.15) is 5.10 Å². The average molecular weight is 268 g/mol. The van der Waals surface area contributed by atoms with Gasteiger partial charge in [-0.15, -0.1) is 0 Å². The molecule has 1 amide bonds. The number of carbonyl (C=O) groups excluding carboxylic acids is 1. The van der Waals surface area contributed by atoms with Gasteiger partial charge >= 0.3 is 0 Å². The van der Waals surface area contributed by atoms with Gasteiger partial charge in [0.15, 0.2) is 5.43 Å². The predicted molar refractivity (Wildman–Crippen MR) is 76.4 cm³/mol. The van der Waals surface area contributed by atoms with Crippen molar-refractivity contribution < 1.29 is 9.21 Å². The minimum absolute atomic E-state index is 0.157. The predicted octanol–water partition coefficient (Wildman–Crippen LogP) is 1.99. The molecule has 100 valence electrons. The van der Waals surface area contributed by atoms with E-state index >= 15 is 0 Å². The highest BCUT2D eigenvalue weighted by Gasteiger charge is 2.19. The molecule has 3 rings (SSSR count). The fraction of sp³-hybridized carbons (Fsp3) is 0.133. The van der Waals surface area contributed by atoms with E-state index in [0.717, 1.165) is 5.56 Å². The molecule has 0 saturated carbocycles. The Kier molecular flexibility index (Phi) is 2.75. The maximum Gasteiger partial charge on any atom is 0.273 e. The monoisotopic (exact) mass is 268 g/mol. The molecule has 1 aromatic carbocycles. The van der Waals surface area contributed by atoms with Gasteiger partial charge in [0, 0.05) is 0 Å². The van der Waals surface area contributed by atoms with Gasteiger partial charge in [-0.3, -0.25) is 9.59 Å². The summed E-state index contributed by atoms with van der Waals surface area (Å²) in [7, 11) is 0. The first kappa shape index (κ1) is 12.3. The summed E-state index contributed by atoms with van der Waals surface area (Å²) in [6.45, 7) is 3.61. The van der Waals surface area contributed by atoms with E-state index in [1.807, 2.05) is 13.0 Å². The summed E-state index contributed by atoms with van der Waals surface area (Å²) in [6, 6.07) is 5.42. The summed E-state index contributed by atoms with van der Waals surface area (Å²) >= 11 is 0. The molecular weight excluding hydrogens is 256 g/mol. The summed E-state index contributed by atoms with van der Waals surface area (Å²) in [6.07, 6.45) is 2.88. The molecule has 20 heavy (non-hydrogen) atoms. The maximum atomic E-state index is 12.4. The highest BCUT2D eigenvalue weighted by atomic mass is 16.3. The van der Waals surface area contributed by atoms with Crippen LogP contribution in [0, 0.1) is 6.92 Å². The SMILES string of the molecule is CC1=NNC(=O)/C1=C/c1coc2ccc(C)cc2c1=O. The third-order valence-corrected chi connectivity index (χ3v) is 3.21. The Morgan fingerprint density at radius 1 is 1.25 bits per heavy atom. The number of amides is 1. The van der Waals surface area contributed by atoms with Crippen molar-refractivity contribution in [1.82, 2.24) is 5.43 Å². The van der Waals surface area contributed by atoms with Gasteiger partial charge < -0.3 is 4.42 Å². The van der Waals surface area contributed by atoms with Crippen molar-refractivity contribution in [3.63, 3.8) is 0 Å². The highest BCUT2D eigenvalue weighted by molar-refractivity contribution is 6.26. The largest absolute Gasteiger partial charge is 0.463 e. The number of benzene rings is 1. The molecule has 0 fully saturated rings. The maximum absolute atomic E-state index is 12.4. The molecule has 1 aliphatic rings. The first-order chi connectivity index (χ1) is 9.56. The molecule has 1 aliphatic heterocycles. The van der Waals surface area contributed by atoms with E-state index in [4.69, 9.17) is 4.42 Å². The lowest BCUT2D eigenvalue weighted by atomic mass is 10.1. The molecule has 0 spiro atoms. The van der Waals surface area contributed by atoms with Crippen LogP contribution in [0.25, 0.3) is 17.0 Å². The second-order valence-corrected chi connectivity index (χ2v) is 4.72. The van der Waals surface area contributed by atoms with Crippen LogP contribution in [-0.4, -0.2) is 11.6 Å². The molecule has 1 N–H and O–H groups in total. The van der Waals surface area contributed by atoms with Gasteiger partial charge in [-0.1, -0.05) is 11.6 Å². The van der Waals surface area contributed by atoms with Crippen LogP contribution >= 0.6 is 0 Å². The van der Waals surface area contributed by atoms with Crippen molar-refractivity contribution in [3.8, 4) is 0 Å². The topological polar surface area (TPSA) is 71.7 Å². The molecule has 0 saturated heterocycles. The molecule has 0 atom stereocenters. The summed E-state index contributed by atoms with van der Waals surface area (Å²) in [5.74, 6) is -0.314. The van der Waals surface area contributed by atoms with Gasteiger partial charge in [0.05, 0.1) is 22.2 Å². The van der Waals surface area contributed by atoms with Crippen LogP contribution in [0.3, 0.4) is 0 Å². The van der Waals surface area contributed by atoms with E-state index in [-0.39, 0.29) is 11.3 Å². The Balaban J connectivity index is 2.21. The summed E-state index contributed by atoms with van der Waals surface area (Å²) < 4.78 is 5.44. The molecule has 5 heteroatoms. The zero-order valence-corrected chi connectivity index (χ0v) is 11.1. The van der Waals surface area contributed by atoms with E-state index in [9.17, 15) is 9.59 Å². The quantitative estimate of drug-likeness (QED) is 0.804. The zero-order valence-electron chi connectivity index (χ0n) is 11.1. The van der Waals surface area contributed by atoms with Gasteiger partial charge in [-0.25, -0.2) is 5.43 Å². The Labute approximate surface area is 114 Å². The van der Waals surface area contributed by atoms with Crippen LogP contribution in [0.1, 0.15) is 18.1 Å². The van der Waals surface area contributed by atoms with Crippen LogP contribution in [0.5, 0.6) is 0 Å². The molecule has 2 aromatic rings. The van der Waals surface area contributed by atoms with Crippen LogP contribution in [-0.2, 0) is 4.79 Å². The van der Waals surface area contributed by atoms with Gasteiger partial charge in [-0.05, 0) is 32.1 Å². The number of hydrogen-bond acceptors (Lipinski definition) is 4. The van der Waals surface area contributed by atoms with Gasteiger partial charge in [0.2, 0.25) is 0 Å². The first-order valence-electron chi connectivity index (χ1n) is 6.15. The number of aryl methyl sites for hydroxylation is 1. The Bertz CT molecular complexity index is 844. The normalized spacial score (nSPS) is 16.6. The number of carbonyl (C=O) groups is 1. The Morgan fingerprint density at radius 2 is 2.05 bits per heavy atom. The van der Waals surface area contributed by atoms with Crippen molar-refractivity contribution >= 4 is 28.7 Å². The van der Waals surface area contributed by atoms with E-state index < -0.39 is 0 Å². The second kappa shape index (κ2) is 4.45. The summed E-state index contributed by atoms with van der Waals surface area (Å²) in [5.41, 5.74) is 4.98. The van der Waals surface area contributed by atoms with Gasteiger partial charge in [0.1, 0.15) is 11.8 Å². The summed E-state index contributed by atoms with van der Waals surface area (Å²) in [4.78, 5) is 24.0. The smallest absolute Gasteiger partial charge is 0.273 e. The average Bonchev–Trinajstić information content (AvgIpc) is 2.74. The molecule has 0 radical (unpaired) electrons. The lowest BCUT2D eigenvalue weighted by Crippen LogP contribution is -2.14. The third kappa shape index (κ3) is 1.93. The van der Waals surface area contributed by atoms with E-state index in [1.54, 1.807) is 19.1 Å². The lowest BCUT2D eigenvalue weighted by molar-refractivity contribution is -0.116. The van der Waals surface area contributed by atoms with Crippen molar-refractivity contribution in [1.29, 1.82) is 0 Å². The fourth-order valence-corrected chi connectivity index (χ4v) is 2.10. The molecular formula is C15H12N2O3. The fourth-order valence-electron chi connectivity index (χ4n) is 2.10. The van der Waals surface area contributed by atoms with E-state index in [2.05, 4.69) is 10.5 Å². The lowest BCUT2D eigenvalue weighted by Gasteiger charge is -2.01. The molecule has 0 bridgehead atoms. The van der Waals surface area contributed by atoms with Gasteiger partial charge in [0.25, 0.3) is 5.91 Å². The minimum atomic E-state index is -0.314. The van der Waals surface area contributed by atoms with Crippen molar-refractivity contribution in [2.75, 3.05) is 0 Å². The first-order valence-corrected chi connectivity index (χ1v) is 6.15. The number of fused-ring (bicyclic) bond motifs is 1. The van der Waals surface area contributed by atoms with Crippen LogP contribution in [0.15, 0.2) is 44.3 Å². The number of rotatable bonds is 1. The van der Waals surface area contributed by atoms with Crippen LogP contribution < -0.4 is 10.9 Å². The molecule has 1 aromatic heterocycles. The molecule has 0 aliphatic carbocycles. The Hall–Kier alpha value is -2.69. The number of hydrogen-bond donors (Lipinski definition) is 1. The Morgan fingerprint density at radius 3 is 2.75 bits per heavy atom. The van der Waals surface area contributed by atoms with Crippen molar-refractivity contribution in [2.45, 2.75) is 13.8 Å². The van der Waals surface area contributed by atoms with Crippen molar-refractivity contribution in [2.24, 2.45) is 5.10 Å². The standard InChI is InChI=1S/C15H12N2O3/c1-8-3-4-13-12(5-8)14(18)10(7-20-13)6-11-9(2)16-17-15(11)19/h3-7H,1-2H3,(H,17,19)/b11-6+. The molecule has 5 nitrogen and oxygen atoms in total. The van der Waals surface area contributed by atoms with Crippen LogP contribution in [0.4, 0.5) is 0 Å². The second-order valence-electron chi connectivity index (χ2n) is 4.72. The summed E-state index contributed by atoms with van der Waals surface area (Å²) in [5, 5.41) is 4.32. The number of nitrogens with one attached hydrogen (secondary N) is 1. The molecule has 2 heterocycles. The van der Waals surface area contributed by atoms with Crippen LogP contribution in [0.2, 0.25) is 0 Å². The third-order valence-electron chi connectivity index (χ3n) is 3.21. The van der Waals surface area contributed by atoms with E-state index in [0.29, 0.717) is 27.8 Å².